The highest BCUT2D eigenvalue weighted by molar-refractivity contribution is 7.89. The largest absolute Gasteiger partial charge is 0.320 e. The third-order valence-electron chi connectivity index (χ3n) is 3.98. The van der Waals surface area contributed by atoms with E-state index in [1.54, 1.807) is 24.3 Å². The molecule has 0 aliphatic carbocycles. The lowest BCUT2D eigenvalue weighted by molar-refractivity contribution is 0.102. The van der Waals surface area contributed by atoms with Crippen LogP contribution in [0.25, 0.3) is 0 Å². The summed E-state index contributed by atoms with van der Waals surface area (Å²) in [5.41, 5.74) is 0.495. The van der Waals surface area contributed by atoms with Crippen LogP contribution >= 0.6 is 23.2 Å². The highest BCUT2D eigenvalue weighted by Gasteiger charge is 2.20. The van der Waals surface area contributed by atoms with Crippen LogP contribution in [0.5, 0.6) is 0 Å². The fourth-order valence-electron chi connectivity index (χ4n) is 2.49. The Hall–Kier alpha value is -2.45. The van der Waals surface area contributed by atoms with E-state index in [-0.39, 0.29) is 22.2 Å². The second-order valence-corrected chi connectivity index (χ2v) is 8.64. The topological polar surface area (TPSA) is 75.3 Å². The molecule has 3 aromatic carbocycles. The minimum atomic E-state index is -3.96. The maximum Gasteiger partial charge on any atom is 0.258 e. The zero-order valence-corrected chi connectivity index (χ0v) is 17.2. The molecule has 0 bridgehead atoms. The second-order valence-electron chi connectivity index (χ2n) is 6.03. The Morgan fingerprint density at radius 2 is 1.69 bits per heavy atom. The van der Waals surface area contributed by atoms with Gasteiger partial charge < -0.3 is 5.32 Å². The molecule has 9 heteroatoms. The number of sulfonamides is 1. The first kappa shape index (κ1) is 21.3. The van der Waals surface area contributed by atoms with Gasteiger partial charge in [-0.1, -0.05) is 53.5 Å². The lowest BCUT2D eigenvalue weighted by Crippen LogP contribution is -2.24. The summed E-state index contributed by atoms with van der Waals surface area (Å²) in [6.07, 6.45) is 0. The van der Waals surface area contributed by atoms with Crippen molar-refractivity contribution in [3.63, 3.8) is 0 Å². The number of amides is 1. The third kappa shape index (κ3) is 5.33. The van der Waals surface area contributed by atoms with Crippen LogP contribution in [-0.2, 0) is 16.6 Å². The first-order valence-corrected chi connectivity index (χ1v) is 10.6. The number of halogens is 3. The molecule has 29 heavy (non-hydrogen) atoms. The Kier molecular flexibility index (Phi) is 6.54. The van der Waals surface area contributed by atoms with E-state index in [4.69, 9.17) is 23.2 Å². The first-order chi connectivity index (χ1) is 13.8. The van der Waals surface area contributed by atoms with Crippen molar-refractivity contribution < 1.29 is 17.6 Å². The molecule has 3 rings (SSSR count). The summed E-state index contributed by atoms with van der Waals surface area (Å²) in [6, 6.07) is 16.3. The minimum absolute atomic E-state index is 0.0558. The fraction of sp³-hybridized carbons (Fsp3) is 0.0500. The van der Waals surface area contributed by atoms with Gasteiger partial charge in [0, 0.05) is 11.6 Å². The van der Waals surface area contributed by atoms with Gasteiger partial charge in [0.2, 0.25) is 10.0 Å². The summed E-state index contributed by atoms with van der Waals surface area (Å²) in [5.74, 6) is -1.73. The summed E-state index contributed by atoms with van der Waals surface area (Å²) in [4.78, 5) is 12.3. The van der Waals surface area contributed by atoms with Crippen molar-refractivity contribution >= 4 is 44.8 Å². The van der Waals surface area contributed by atoms with Crippen molar-refractivity contribution in [3.8, 4) is 0 Å². The van der Waals surface area contributed by atoms with Crippen LogP contribution in [0.1, 0.15) is 15.9 Å². The van der Waals surface area contributed by atoms with Crippen molar-refractivity contribution in [2.45, 2.75) is 11.4 Å². The Labute approximate surface area is 177 Å². The van der Waals surface area contributed by atoms with Gasteiger partial charge in [0.05, 0.1) is 21.2 Å². The fourth-order valence-corrected chi connectivity index (χ4v) is 3.87. The molecule has 0 spiro atoms. The van der Waals surface area contributed by atoms with Crippen molar-refractivity contribution in [2.75, 3.05) is 5.32 Å². The van der Waals surface area contributed by atoms with Gasteiger partial charge in [-0.2, -0.15) is 0 Å². The average Bonchev–Trinajstić information content (AvgIpc) is 2.70. The molecule has 3 aromatic rings. The van der Waals surface area contributed by atoms with Crippen molar-refractivity contribution in [1.82, 2.24) is 4.72 Å². The normalized spacial score (nSPS) is 11.3. The van der Waals surface area contributed by atoms with Gasteiger partial charge in [-0.3, -0.25) is 4.79 Å². The Balaban J connectivity index is 1.83. The van der Waals surface area contributed by atoms with Crippen LogP contribution in [0.2, 0.25) is 10.0 Å². The molecule has 0 saturated heterocycles. The zero-order valence-electron chi connectivity index (χ0n) is 14.8. The summed E-state index contributed by atoms with van der Waals surface area (Å²) in [6.45, 7) is 0.0558. The van der Waals surface area contributed by atoms with E-state index in [0.29, 0.717) is 5.02 Å². The van der Waals surface area contributed by atoms with Gasteiger partial charge in [0.15, 0.2) is 0 Å². The second kappa shape index (κ2) is 8.92. The van der Waals surface area contributed by atoms with E-state index in [9.17, 15) is 17.6 Å². The van der Waals surface area contributed by atoms with E-state index < -0.39 is 27.3 Å². The number of hydrogen-bond acceptors (Lipinski definition) is 3. The highest BCUT2D eigenvalue weighted by atomic mass is 35.5. The molecule has 0 radical (unpaired) electrons. The van der Waals surface area contributed by atoms with Crippen LogP contribution in [-0.4, -0.2) is 14.3 Å². The molecule has 0 fully saturated rings. The third-order valence-corrected chi connectivity index (χ3v) is 5.94. The zero-order chi connectivity index (χ0) is 21.0. The molecule has 150 valence electrons. The monoisotopic (exact) mass is 452 g/mol. The SMILES string of the molecule is O=C(Nc1cc(Cl)ccc1Cl)c1cc(S(=O)(=O)NCc2ccccc2)ccc1F. The van der Waals surface area contributed by atoms with Gasteiger partial charge in [-0.25, -0.2) is 17.5 Å². The van der Waals surface area contributed by atoms with Crippen LogP contribution < -0.4 is 10.0 Å². The lowest BCUT2D eigenvalue weighted by atomic mass is 10.2. The number of anilines is 1. The maximum atomic E-state index is 14.2. The number of nitrogens with one attached hydrogen (secondary N) is 2. The molecule has 0 aromatic heterocycles. The number of benzene rings is 3. The summed E-state index contributed by atoms with van der Waals surface area (Å²) < 4.78 is 41.7. The molecule has 1 amide bonds. The van der Waals surface area contributed by atoms with E-state index >= 15 is 0 Å². The molecule has 0 saturated carbocycles. The van der Waals surface area contributed by atoms with E-state index in [1.165, 1.54) is 18.2 Å². The predicted molar refractivity (Wildman–Crippen MR) is 111 cm³/mol. The van der Waals surface area contributed by atoms with E-state index in [0.717, 1.165) is 23.8 Å². The molecular formula is C20H15Cl2FN2O3S. The Morgan fingerprint density at radius 1 is 0.966 bits per heavy atom. The summed E-state index contributed by atoms with van der Waals surface area (Å²) in [5, 5.41) is 2.96. The Morgan fingerprint density at radius 3 is 2.41 bits per heavy atom. The highest BCUT2D eigenvalue weighted by Crippen LogP contribution is 2.26. The summed E-state index contributed by atoms with van der Waals surface area (Å²) >= 11 is 11.9. The van der Waals surface area contributed by atoms with E-state index in [1.807, 2.05) is 6.07 Å². The summed E-state index contributed by atoms with van der Waals surface area (Å²) in [7, 11) is -3.96. The molecular weight excluding hydrogens is 438 g/mol. The molecule has 0 aliphatic rings. The lowest BCUT2D eigenvalue weighted by Gasteiger charge is -2.11. The Bertz CT molecular complexity index is 1160. The van der Waals surface area contributed by atoms with Crippen molar-refractivity contribution in [1.29, 1.82) is 0 Å². The van der Waals surface area contributed by atoms with Crippen LogP contribution in [0.3, 0.4) is 0 Å². The quantitative estimate of drug-likeness (QED) is 0.560. The molecule has 0 aliphatic heterocycles. The minimum Gasteiger partial charge on any atom is -0.320 e. The molecule has 0 unspecified atom stereocenters. The van der Waals surface area contributed by atoms with Gasteiger partial charge in [-0.15, -0.1) is 0 Å². The van der Waals surface area contributed by atoms with Gasteiger partial charge in [-0.05, 0) is 42.0 Å². The van der Waals surface area contributed by atoms with Crippen LogP contribution in [0, 0.1) is 5.82 Å². The number of carbonyl (C=O) groups excluding carboxylic acids is 1. The number of hydrogen-bond donors (Lipinski definition) is 2. The van der Waals surface area contributed by atoms with Crippen molar-refractivity contribution in [2.24, 2.45) is 0 Å². The van der Waals surface area contributed by atoms with Gasteiger partial charge in [0.1, 0.15) is 5.82 Å². The number of carbonyl (C=O) groups is 1. The standard InChI is InChI=1S/C20H15Cl2FN2O3S/c21-14-6-8-17(22)19(10-14)25-20(26)16-11-15(7-9-18(16)23)29(27,28)24-12-13-4-2-1-3-5-13/h1-11,24H,12H2,(H,25,26). The maximum absolute atomic E-state index is 14.2. The average molecular weight is 453 g/mol. The smallest absolute Gasteiger partial charge is 0.258 e. The first-order valence-electron chi connectivity index (χ1n) is 8.36. The molecule has 0 heterocycles. The number of rotatable bonds is 6. The molecule has 0 atom stereocenters. The molecule has 2 N–H and O–H groups in total. The van der Waals surface area contributed by atoms with Gasteiger partial charge >= 0.3 is 0 Å². The van der Waals surface area contributed by atoms with Crippen molar-refractivity contribution in [3.05, 3.63) is 93.7 Å². The molecule has 5 nitrogen and oxygen atoms in total. The van der Waals surface area contributed by atoms with E-state index in [2.05, 4.69) is 10.0 Å². The van der Waals surface area contributed by atoms with Gasteiger partial charge in [0.25, 0.3) is 5.91 Å². The van der Waals surface area contributed by atoms with Crippen LogP contribution in [0.15, 0.2) is 71.6 Å². The predicted octanol–water partition coefficient (Wildman–Crippen LogP) is 4.86. The van der Waals surface area contributed by atoms with Crippen LogP contribution in [0.4, 0.5) is 10.1 Å².